The van der Waals surface area contributed by atoms with E-state index in [0.717, 1.165) is 11.9 Å². The molecular weight excluding hydrogens is 178 g/mol. The Morgan fingerprint density at radius 3 is 2.58 bits per heavy atom. The van der Waals surface area contributed by atoms with Gasteiger partial charge in [0.05, 0.1) is 6.26 Å². The lowest BCUT2D eigenvalue weighted by Crippen LogP contribution is -2.47. The maximum atomic E-state index is 10.7. The van der Waals surface area contributed by atoms with Gasteiger partial charge in [-0.05, 0) is 6.07 Å². The third-order valence-electron chi connectivity index (χ3n) is 1.23. The largest absolute Gasteiger partial charge is 0.364 e. The molecule has 1 heterocycles. The van der Waals surface area contributed by atoms with Gasteiger partial charge in [-0.2, -0.15) is 8.42 Å². The van der Waals surface area contributed by atoms with E-state index in [9.17, 15) is 8.42 Å². The first-order valence-corrected chi connectivity index (χ1v) is 5.18. The fourth-order valence-electron chi connectivity index (χ4n) is 0.743. The molecule has 0 aromatic carbocycles. The summed E-state index contributed by atoms with van der Waals surface area (Å²) in [6.07, 6.45) is 2.54. The molecule has 4 nitrogen and oxygen atoms in total. The minimum atomic E-state index is -3.44. The molecule has 0 saturated carbocycles. The number of pyridine rings is 1. The molecule has 0 unspecified atom stereocenters. The van der Waals surface area contributed by atoms with Crippen molar-refractivity contribution in [2.24, 2.45) is 0 Å². The number of hydrogen-bond donors (Lipinski definition) is 0. The van der Waals surface area contributed by atoms with Gasteiger partial charge >= 0.3 is 10.1 Å². The van der Waals surface area contributed by atoms with Crippen LogP contribution in [-0.4, -0.2) is 14.7 Å². The summed E-state index contributed by atoms with van der Waals surface area (Å²) < 4.78 is 27.2. The van der Waals surface area contributed by atoms with E-state index >= 15 is 0 Å². The van der Waals surface area contributed by atoms with Crippen LogP contribution in [0.3, 0.4) is 0 Å². The predicted octanol–water partition coefficient (Wildman–Crippen LogP) is -0.329. The monoisotopic (exact) mass is 188 g/mol. The maximum absolute atomic E-state index is 10.7. The number of aromatic nitrogens is 1. The average molecular weight is 188 g/mol. The molecule has 0 spiro atoms. The van der Waals surface area contributed by atoms with E-state index in [1.807, 2.05) is 0 Å². The molecule has 5 heteroatoms. The smallest absolute Gasteiger partial charge is 0.181 e. The van der Waals surface area contributed by atoms with Crippen LogP contribution in [0.25, 0.3) is 0 Å². The first-order chi connectivity index (χ1) is 5.49. The second-order valence-corrected chi connectivity index (χ2v) is 4.00. The van der Waals surface area contributed by atoms with Crippen LogP contribution >= 0.6 is 0 Å². The lowest BCUT2D eigenvalue weighted by Gasteiger charge is -1.95. The van der Waals surface area contributed by atoms with Gasteiger partial charge in [0.2, 0.25) is 11.9 Å². The summed E-state index contributed by atoms with van der Waals surface area (Å²) >= 11 is 0. The second kappa shape index (κ2) is 3.10. The molecule has 0 atom stereocenters. The molecule has 0 amide bonds. The van der Waals surface area contributed by atoms with Crippen LogP contribution in [0.2, 0.25) is 0 Å². The van der Waals surface area contributed by atoms with Crippen LogP contribution < -0.4 is 9.01 Å². The number of aryl methyl sites for hydroxylation is 1. The fraction of sp³-hybridized carbons (Fsp3) is 0.286. The molecule has 1 rings (SSSR count). The molecule has 1 aromatic heterocycles. The first kappa shape index (κ1) is 8.99. The summed E-state index contributed by atoms with van der Waals surface area (Å²) in [5.74, 6) is 0. The van der Waals surface area contributed by atoms with E-state index in [1.54, 1.807) is 25.1 Å². The Hall–Kier alpha value is -1.10. The zero-order valence-electron chi connectivity index (χ0n) is 6.89. The predicted molar refractivity (Wildman–Crippen MR) is 42.8 cm³/mol. The lowest BCUT2D eigenvalue weighted by molar-refractivity contribution is -0.860. The molecule has 0 saturated heterocycles. The van der Waals surface area contributed by atoms with Crippen molar-refractivity contribution in [1.82, 2.24) is 0 Å². The van der Waals surface area contributed by atoms with E-state index in [-0.39, 0.29) is 0 Å². The topological polar surface area (TPSA) is 47.2 Å². The Labute approximate surface area is 71.5 Å². The van der Waals surface area contributed by atoms with Gasteiger partial charge in [-0.15, -0.1) is 4.28 Å². The number of hydrogen-bond acceptors (Lipinski definition) is 3. The molecule has 0 bridgehead atoms. The van der Waals surface area contributed by atoms with Gasteiger partial charge in [0.1, 0.15) is 0 Å². The second-order valence-electron chi connectivity index (χ2n) is 2.45. The van der Waals surface area contributed by atoms with Crippen molar-refractivity contribution in [3.8, 4) is 0 Å². The van der Waals surface area contributed by atoms with Crippen LogP contribution in [0, 0.1) is 6.92 Å². The third kappa shape index (κ3) is 2.50. The van der Waals surface area contributed by atoms with Crippen molar-refractivity contribution in [1.29, 1.82) is 0 Å². The molecule has 0 aliphatic rings. The normalized spacial score (nSPS) is 11.2. The summed E-state index contributed by atoms with van der Waals surface area (Å²) in [5.41, 5.74) is 0.725. The summed E-state index contributed by atoms with van der Waals surface area (Å²) in [6.45, 7) is 1.76. The molecule has 12 heavy (non-hydrogen) atoms. The first-order valence-electron chi connectivity index (χ1n) is 3.36. The van der Waals surface area contributed by atoms with Gasteiger partial charge in [0.15, 0.2) is 0 Å². The number of rotatable bonds is 2. The summed E-state index contributed by atoms with van der Waals surface area (Å²) in [5, 5.41) is 0. The zero-order chi connectivity index (χ0) is 9.19. The highest BCUT2D eigenvalue weighted by Gasteiger charge is 2.13. The third-order valence-corrected chi connectivity index (χ3v) is 1.66. The van der Waals surface area contributed by atoms with Crippen molar-refractivity contribution in [3.05, 3.63) is 30.1 Å². The van der Waals surface area contributed by atoms with Crippen LogP contribution in [-0.2, 0) is 10.1 Å². The Balaban J connectivity index is 2.98. The van der Waals surface area contributed by atoms with Crippen LogP contribution in [0.4, 0.5) is 0 Å². The Kier molecular flexibility index (Phi) is 2.32. The van der Waals surface area contributed by atoms with Crippen molar-refractivity contribution in [2.45, 2.75) is 6.92 Å². The Bertz CT molecular complexity index is 372. The van der Waals surface area contributed by atoms with Gasteiger partial charge < -0.3 is 0 Å². The van der Waals surface area contributed by atoms with Gasteiger partial charge in [-0.3, -0.25) is 0 Å². The fourth-order valence-corrected chi connectivity index (χ4v) is 1.20. The average Bonchev–Trinajstić information content (AvgIpc) is 1.91. The molecule has 0 aliphatic carbocycles. The van der Waals surface area contributed by atoms with Crippen molar-refractivity contribution in [3.63, 3.8) is 0 Å². The van der Waals surface area contributed by atoms with Crippen LogP contribution in [0.5, 0.6) is 0 Å². The molecule has 0 N–H and O–H groups in total. The zero-order valence-corrected chi connectivity index (χ0v) is 7.71. The van der Waals surface area contributed by atoms with E-state index in [2.05, 4.69) is 4.28 Å². The van der Waals surface area contributed by atoms with E-state index in [4.69, 9.17) is 0 Å². The van der Waals surface area contributed by atoms with Crippen LogP contribution in [0.15, 0.2) is 24.4 Å². The highest BCUT2D eigenvalue weighted by atomic mass is 32.2. The summed E-state index contributed by atoms with van der Waals surface area (Å²) in [4.78, 5) is 0. The molecule has 1 aromatic rings. The van der Waals surface area contributed by atoms with Crippen molar-refractivity contribution in [2.75, 3.05) is 6.26 Å². The van der Waals surface area contributed by atoms with Crippen molar-refractivity contribution >= 4 is 10.1 Å². The molecular formula is C7H10NO3S+. The Morgan fingerprint density at radius 2 is 2.08 bits per heavy atom. The molecule has 0 radical (unpaired) electrons. The van der Waals surface area contributed by atoms with Crippen LogP contribution in [0.1, 0.15) is 5.69 Å². The van der Waals surface area contributed by atoms with E-state index in [0.29, 0.717) is 0 Å². The standard InChI is InChI=1S/C7H10NO3S/c1-7-5-3-4-6-8(7)11-12(2,9)10/h3-6H,1-2H3/q+1. The van der Waals surface area contributed by atoms with E-state index in [1.165, 1.54) is 10.9 Å². The summed E-state index contributed by atoms with van der Waals surface area (Å²) in [6, 6.07) is 5.25. The van der Waals surface area contributed by atoms with Gasteiger partial charge in [0.25, 0.3) is 0 Å². The maximum Gasteiger partial charge on any atom is 0.364 e. The van der Waals surface area contributed by atoms with Gasteiger partial charge in [0, 0.05) is 23.8 Å². The minimum Gasteiger partial charge on any atom is -0.181 e. The van der Waals surface area contributed by atoms with E-state index < -0.39 is 10.1 Å². The Morgan fingerprint density at radius 1 is 1.42 bits per heavy atom. The molecule has 66 valence electrons. The minimum absolute atomic E-state index is 0.725. The SMILES string of the molecule is Cc1cccc[n+]1OS(C)(=O)=O. The highest BCUT2D eigenvalue weighted by Crippen LogP contribution is 1.86. The van der Waals surface area contributed by atoms with Gasteiger partial charge in [-0.25, -0.2) is 0 Å². The highest BCUT2D eigenvalue weighted by molar-refractivity contribution is 7.86. The van der Waals surface area contributed by atoms with Gasteiger partial charge in [-0.1, -0.05) is 0 Å². The van der Waals surface area contributed by atoms with Crippen molar-refractivity contribution < 1.29 is 17.4 Å². The molecule has 0 fully saturated rings. The number of nitrogens with zero attached hydrogens (tertiary/aromatic N) is 1. The molecule has 0 aliphatic heterocycles. The summed E-state index contributed by atoms with van der Waals surface area (Å²) in [7, 11) is -3.44. The lowest BCUT2D eigenvalue weighted by atomic mass is 10.4. The quantitative estimate of drug-likeness (QED) is 0.597.